The lowest BCUT2D eigenvalue weighted by Crippen LogP contribution is -2.08. The average Bonchev–Trinajstić information content (AvgIpc) is 2.44. The summed E-state index contributed by atoms with van der Waals surface area (Å²) in [5.41, 5.74) is -0.944. The first-order chi connectivity index (χ1) is 10.6. The van der Waals surface area contributed by atoms with Gasteiger partial charge in [-0.3, -0.25) is 0 Å². The molecule has 0 saturated carbocycles. The summed E-state index contributed by atoms with van der Waals surface area (Å²) in [7, 11) is 0. The number of hydrogen-bond donors (Lipinski definition) is 0. The molecule has 0 bridgehead atoms. The number of halogens is 6. The largest absolute Gasteiger partial charge is 0.438 e. The maximum absolute atomic E-state index is 12.8. The van der Waals surface area contributed by atoms with E-state index in [1.165, 1.54) is 24.3 Å². The summed E-state index contributed by atoms with van der Waals surface area (Å²) < 4.78 is 79.9. The minimum Gasteiger partial charge on any atom is -0.438 e. The van der Waals surface area contributed by atoms with E-state index < -0.39 is 23.8 Å². The predicted octanol–water partition coefficient (Wildman–Crippen LogP) is 5.47. The average molecular weight is 333 g/mol. The Hall–Kier alpha value is -2.51. The topological polar surface area (TPSA) is 22.1 Å². The number of nitrogens with zero attached hydrogens (tertiary/aromatic N) is 1. The highest BCUT2D eigenvalue weighted by Gasteiger charge is 2.35. The first kappa shape index (κ1) is 16.9. The Balaban J connectivity index is 2.27. The third kappa shape index (κ3) is 5.01. The SMILES string of the molecule is FC(F)(F)C=Cc1cccc(Oc2ncccc2C(F)(F)F)c1. The van der Waals surface area contributed by atoms with Crippen molar-refractivity contribution in [3.8, 4) is 11.6 Å². The van der Waals surface area contributed by atoms with Gasteiger partial charge in [0.15, 0.2) is 0 Å². The monoisotopic (exact) mass is 333 g/mol. The van der Waals surface area contributed by atoms with Crippen LogP contribution in [0.4, 0.5) is 26.3 Å². The number of benzene rings is 1. The van der Waals surface area contributed by atoms with Gasteiger partial charge in [0.2, 0.25) is 5.88 Å². The van der Waals surface area contributed by atoms with Crippen LogP contribution in [0.5, 0.6) is 11.6 Å². The second-order valence-corrected chi connectivity index (χ2v) is 4.40. The summed E-state index contributed by atoms with van der Waals surface area (Å²) >= 11 is 0. The fourth-order valence-corrected chi connectivity index (χ4v) is 1.67. The van der Waals surface area contributed by atoms with Crippen LogP contribution in [-0.2, 0) is 6.18 Å². The van der Waals surface area contributed by atoms with Crippen molar-refractivity contribution in [2.45, 2.75) is 12.4 Å². The number of aromatic nitrogens is 1. The Labute approximate surface area is 127 Å². The number of allylic oxidation sites excluding steroid dienone is 1. The lowest BCUT2D eigenvalue weighted by atomic mass is 10.2. The molecule has 2 rings (SSSR count). The van der Waals surface area contributed by atoms with Crippen LogP contribution in [0.15, 0.2) is 48.7 Å². The molecule has 2 aromatic rings. The van der Waals surface area contributed by atoms with Crippen LogP contribution in [0.3, 0.4) is 0 Å². The molecule has 2 nitrogen and oxygen atoms in total. The maximum Gasteiger partial charge on any atom is 0.421 e. The van der Waals surface area contributed by atoms with E-state index in [2.05, 4.69) is 4.98 Å². The Morgan fingerprint density at radius 1 is 0.957 bits per heavy atom. The van der Waals surface area contributed by atoms with Gasteiger partial charge in [-0.1, -0.05) is 12.1 Å². The number of rotatable bonds is 3. The standard InChI is InChI=1S/C15H9F6NO/c16-14(17,18)7-6-10-3-1-4-11(9-10)23-13-12(15(19,20)21)5-2-8-22-13/h1-9H. The van der Waals surface area contributed by atoms with Crippen LogP contribution in [0.1, 0.15) is 11.1 Å². The van der Waals surface area contributed by atoms with Gasteiger partial charge in [-0.15, -0.1) is 0 Å². The molecule has 0 saturated heterocycles. The van der Waals surface area contributed by atoms with Crippen molar-refractivity contribution >= 4 is 6.08 Å². The van der Waals surface area contributed by atoms with Crippen LogP contribution in [0, 0.1) is 0 Å². The highest BCUT2D eigenvalue weighted by molar-refractivity contribution is 5.52. The molecule has 0 fully saturated rings. The van der Waals surface area contributed by atoms with Crippen molar-refractivity contribution in [3.63, 3.8) is 0 Å². The van der Waals surface area contributed by atoms with E-state index in [1.807, 2.05) is 0 Å². The molecule has 0 aliphatic rings. The predicted molar refractivity (Wildman–Crippen MR) is 70.8 cm³/mol. The van der Waals surface area contributed by atoms with E-state index in [4.69, 9.17) is 4.74 Å². The Morgan fingerprint density at radius 3 is 2.35 bits per heavy atom. The van der Waals surface area contributed by atoms with Gasteiger partial charge in [-0.25, -0.2) is 4.98 Å². The minimum atomic E-state index is -4.66. The molecule has 0 amide bonds. The van der Waals surface area contributed by atoms with E-state index >= 15 is 0 Å². The molecule has 122 valence electrons. The summed E-state index contributed by atoms with van der Waals surface area (Å²) in [4.78, 5) is 3.52. The zero-order valence-electron chi connectivity index (χ0n) is 11.3. The van der Waals surface area contributed by atoms with Gasteiger partial charge in [0.25, 0.3) is 0 Å². The molecule has 1 heterocycles. The number of hydrogen-bond acceptors (Lipinski definition) is 2. The van der Waals surface area contributed by atoms with E-state index in [1.54, 1.807) is 0 Å². The van der Waals surface area contributed by atoms with Gasteiger partial charge >= 0.3 is 12.4 Å². The third-order valence-corrected chi connectivity index (χ3v) is 2.61. The fraction of sp³-hybridized carbons (Fsp3) is 0.133. The number of ether oxygens (including phenoxy) is 1. The molecule has 0 aliphatic heterocycles. The van der Waals surface area contributed by atoms with Gasteiger partial charge < -0.3 is 4.74 Å². The second-order valence-electron chi connectivity index (χ2n) is 4.40. The zero-order chi connectivity index (χ0) is 17.1. The maximum atomic E-state index is 12.8. The van der Waals surface area contributed by atoms with Crippen molar-refractivity contribution in [2.75, 3.05) is 0 Å². The molecule has 0 spiro atoms. The molecule has 23 heavy (non-hydrogen) atoms. The summed E-state index contributed by atoms with van der Waals surface area (Å²) in [6.45, 7) is 0. The van der Waals surface area contributed by atoms with Gasteiger partial charge in [-0.05, 0) is 35.9 Å². The van der Waals surface area contributed by atoms with E-state index in [0.717, 1.165) is 24.4 Å². The van der Waals surface area contributed by atoms with Crippen molar-refractivity contribution in [1.29, 1.82) is 0 Å². The molecule has 0 N–H and O–H groups in total. The first-order valence-electron chi connectivity index (χ1n) is 6.21. The summed E-state index contributed by atoms with van der Waals surface area (Å²) in [6.07, 6.45) is -7.21. The quantitative estimate of drug-likeness (QED) is 0.695. The molecule has 1 aromatic carbocycles. The van der Waals surface area contributed by atoms with E-state index in [0.29, 0.717) is 0 Å². The summed E-state index contributed by atoms with van der Waals surface area (Å²) in [5.74, 6) is -0.726. The van der Waals surface area contributed by atoms with Gasteiger partial charge in [0.1, 0.15) is 11.3 Å². The van der Waals surface area contributed by atoms with Gasteiger partial charge in [0.05, 0.1) is 0 Å². The highest BCUT2D eigenvalue weighted by Crippen LogP contribution is 2.36. The number of alkyl halides is 6. The number of pyridine rings is 1. The third-order valence-electron chi connectivity index (χ3n) is 2.61. The lowest BCUT2D eigenvalue weighted by Gasteiger charge is -2.12. The molecule has 1 aromatic heterocycles. The summed E-state index contributed by atoms with van der Waals surface area (Å²) in [6, 6.07) is 7.13. The van der Waals surface area contributed by atoms with Crippen molar-refractivity contribution in [2.24, 2.45) is 0 Å². The van der Waals surface area contributed by atoms with Crippen molar-refractivity contribution < 1.29 is 31.1 Å². The first-order valence-corrected chi connectivity index (χ1v) is 6.21. The lowest BCUT2D eigenvalue weighted by molar-refractivity contribution is -0.138. The smallest absolute Gasteiger partial charge is 0.421 e. The minimum absolute atomic E-state index is 0.0218. The molecular weight excluding hydrogens is 324 g/mol. The Bertz CT molecular complexity index is 706. The normalized spacial score (nSPS) is 12.6. The molecule has 8 heteroatoms. The van der Waals surface area contributed by atoms with Gasteiger partial charge in [0, 0.05) is 12.3 Å². The molecule has 0 unspecified atom stereocenters. The fourth-order valence-electron chi connectivity index (χ4n) is 1.67. The molecule has 0 atom stereocenters. The Morgan fingerprint density at radius 2 is 1.70 bits per heavy atom. The van der Waals surface area contributed by atoms with Crippen LogP contribution >= 0.6 is 0 Å². The Kier molecular flexibility index (Phi) is 4.63. The summed E-state index contributed by atoms with van der Waals surface area (Å²) in [5, 5.41) is 0. The van der Waals surface area contributed by atoms with E-state index in [-0.39, 0.29) is 17.4 Å². The second kappa shape index (κ2) is 6.31. The van der Waals surface area contributed by atoms with Crippen molar-refractivity contribution in [1.82, 2.24) is 4.98 Å². The molecule has 0 radical (unpaired) electrons. The van der Waals surface area contributed by atoms with Crippen LogP contribution in [-0.4, -0.2) is 11.2 Å². The zero-order valence-corrected chi connectivity index (χ0v) is 11.3. The molecule has 0 aliphatic carbocycles. The molecular formula is C15H9F6NO. The van der Waals surface area contributed by atoms with E-state index in [9.17, 15) is 26.3 Å². The van der Waals surface area contributed by atoms with Gasteiger partial charge in [-0.2, -0.15) is 26.3 Å². The van der Waals surface area contributed by atoms with Crippen molar-refractivity contribution in [3.05, 3.63) is 59.8 Å². The van der Waals surface area contributed by atoms with Crippen LogP contribution in [0.25, 0.3) is 6.08 Å². The van der Waals surface area contributed by atoms with Crippen LogP contribution in [0.2, 0.25) is 0 Å². The van der Waals surface area contributed by atoms with Crippen LogP contribution < -0.4 is 4.74 Å². The highest BCUT2D eigenvalue weighted by atomic mass is 19.4.